The Morgan fingerprint density at radius 1 is 1.35 bits per heavy atom. The van der Waals surface area contributed by atoms with E-state index < -0.39 is 0 Å². The van der Waals surface area contributed by atoms with E-state index in [0.29, 0.717) is 0 Å². The van der Waals surface area contributed by atoms with Gasteiger partial charge in [-0.1, -0.05) is 52.8 Å². The molecule has 0 amide bonds. The molecule has 0 fully saturated rings. The van der Waals surface area contributed by atoms with E-state index in [1.807, 2.05) is 0 Å². The first kappa shape index (κ1) is 14.4. The van der Waals surface area contributed by atoms with Crippen molar-refractivity contribution in [3.63, 3.8) is 0 Å². The minimum atomic E-state index is 0.850. The highest BCUT2D eigenvalue weighted by Gasteiger charge is 1.99. The molecule has 0 spiro atoms. The van der Waals surface area contributed by atoms with Gasteiger partial charge in [-0.25, -0.2) is 0 Å². The van der Waals surface area contributed by atoms with Crippen LogP contribution in [-0.2, 0) is 6.54 Å². The first-order valence-corrected chi connectivity index (χ1v) is 6.74. The second-order valence-corrected chi connectivity index (χ2v) is 5.39. The zero-order valence-corrected chi connectivity index (χ0v) is 12.0. The molecule has 0 radical (unpaired) electrons. The van der Waals surface area contributed by atoms with Crippen molar-refractivity contribution in [2.75, 3.05) is 26.7 Å². The Labute approximate surface area is 113 Å². The van der Waals surface area contributed by atoms with E-state index in [9.17, 15) is 0 Å². The number of rotatable bonds is 8. The van der Waals surface area contributed by atoms with Crippen molar-refractivity contribution in [3.8, 4) is 0 Å². The lowest BCUT2D eigenvalue weighted by Crippen LogP contribution is -2.24. The summed E-state index contributed by atoms with van der Waals surface area (Å²) in [6.45, 7) is 7.80. The Kier molecular flexibility index (Phi) is 7.17. The zero-order valence-electron chi connectivity index (χ0n) is 10.5. The summed E-state index contributed by atoms with van der Waals surface area (Å²) in [5, 5.41) is 3.33. The Hall–Kier alpha value is -0.640. The normalized spacial score (nSPS) is 10.8. The first-order valence-electron chi connectivity index (χ1n) is 5.95. The Bertz CT molecular complexity index is 324. The molecule has 1 aromatic rings. The Balaban J connectivity index is 2.09. The van der Waals surface area contributed by atoms with Gasteiger partial charge in [0.25, 0.3) is 0 Å². The number of nitrogens with zero attached hydrogens (tertiary/aromatic N) is 1. The molecule has 2 nitrogen and oxygen atoms in total. The van der Waals surface area contributed by atoms with Crippen molar-refractivity contribution >= 4 is 15.9 Å². The first-order chi connectivity index (χ1) is 8.18. The van der Waals surface area contributed by atoms with Crippen LogP contribution in [0.25, 0.3) is 0 Å². The van der Waals surface area contributed by atoms with Crippen LogP contribution in [0.3, 0.4) is 0 Å². The van der Waals surface area contributed by atoms with E-state index >= 15 is 0 Å². The maximum atomic E-state index is 3.79. The van der Waals surface area contributed by atoms with Gasteiger partial charge in [0.05, 0.1) is 0 Å². The van der Waals surface area contributed by atoms with Gasteiger partial charge in [0.2, 0.25) is 0 Å². The molecule has 0 aliphatic carbocycles. The highest BCUT2D eigenvalue weighted by atomic mass is 79.9. The van der Waals surface area contributed by atoms with Gasteiger partial charge in [0, 0.05) is 17.6 Å². The van der Waals surface area contributed by atoms with E-state index in [4.69, 9.17) is 0 Å². The van der Waals surface area contributed by atoms with Crippen molar-refractivity contribution in [2.45, 2.75) is 13.0 Å². The summed E-state index contributed by atoms with van der Waals surface area (Å²) >= 11 is 3.33. The van der Waals surface area contributed by atoms with E-state index in [-0.39, 0.29) is 0 Å². The molecule has 3 heteroatoms. The second kappa shape index (κ2) is 8.45. The van der Waals surface area contributed by atoms with Gasteiger partial charge in [-0.05, 0) is 32.1 Å². The quantitative estimate of drug-likeness (QED) is 0.742. The standard InChI is InChI=1S/C14H21BrN2/c1-13(15)11-16-9-6-10-17(2)12-14-7-4-3-5-8-14/h3-5,7-8,16H,1,6,9-12H2,2H3. The van der Waals surface area contributed by atoms with Gasteiger partial charge in [-0.2, -0.15) is 0 Å². The Morgan fingerprint density at radius 2 is 2.06 bits per heavy atom. The fourth-order valence-corrected chi connectivity index (χ4v) is 1.87. The molecule has 0 aromatic heterocycles. The Morgan fingerprint density at radius 3 is 2.71 bits per heavy atom. The number of halogens is 1. The second-order valence-electron chi connectivity index (χ2n) is 4.27. The van der Waals surface area contributed by atoms with E-state index in [1.54, 1.807) is 0 Å². The van der Waals surface area contributed by atoms with Crippen molar-refractivity contribution in [1.29, 1.82) is 0 Å². The van der Waals surface area contributed by atoms with Crippen LogP contribution in [0.1, 0.15) is 12.0 Å². The van der Waals surface area contributed by atoms with Crippen molar-refractivity contribution in [2.24, 2.45) is 0 Å². The van der Waals surface area contributed by atoms with Gasteiger partial charge in [0.15, 0.2) is 0 Å². The lowest BCUT2D eigenvalue weighted by atomic mass is 10.2. The van der Waals surface area contributed by atoms with Crippen LogP contribution >= 0.6 is 15.9 Å². The lowest BCUT2D eigenvalue weighted by Gasteiger charge is -2.16. The van der Waals surface area contributed by atoms with Crippen molar-refractivity contribution < 1.29 is 0 Å². The van der Waals surface area contributed by atoms with Gasteiger partial charge >= 0.3 is 0 Å². The average Bonchev–Trinajstić information content (AvgIpc) is 2.29. The minimum absolute atomic E-state index is 0.850. The summed E-state index contributed by atoms with van der Waals surface area (Å²) in [5.41, 5.74) is 1.37. The van der Waals surface area contributed by atoms with Gasteiger partial charge in [-0.15, -0.1) is 0 Å². The van der Waals surface area contributed by atoms with Crippen LogP contribution in [0.15, 0.2) is 41.4 Å². The van der Waals surface area contributed by atoms with Gasteiger partial charge in [0.1, 0.15) is 0 Å². The van der Waals surface area contributed by atoms with Crippen molar-refractivity contribution in [1.82, 2.24) is 10.2 Å². The largest absolute Gasteiger partial charge is 0.312 e. The third kappa shape index (κ3) is 7.31. The molecule has 1 aromatic carbocycles. The third-order valence-corrected chi connectivity index (χ3v) is 2.79. The molecular weight excluding hydrogens is 276 g/mol. The molecule has 0 aliphatic heterocycles. The van der Waals surface area contributed by atoms with E-state index in [2.05, 4.69) is 70.1 Å². The van der Waals surface area contributed by atoms with Crippen LogP contribution in [0.2, 0.25) is 0 Å². The SMILES string of the molecule is C=C(Br)CNCCCN(C)Cc1ccccc1. The summed E-state index contributed by atoms with van der Waals surface area (Å²) in [4.78, 5) is 2.35. The molecule has 0 bridgehead atoms. The monoisotopic (exact) mass is 296 g/mol. The van der Waals surface area contributed by atoms with E-state index in [1.165, 1.54) is 5.56 Å². The highest BCUT2D eigenvalue weighted by molar-refractivity contribution is 9.11. The summed E-state index contributed by atoms with van der Waals surface area (Å²) in [6, 6.07) is 10.6. The van der Waals surface area contributed by atoms with Crippen LogP contribution in [0, 0.1) is 0 Å². The molecule has 0 saturated heterocycles. The number of hydrogen-bond acceptors (Lipinski definition) is 2. The molecule has 94 valence electrons. The molecule has 0 saturated carbocycles. The molecule has 1 N–H and O–H groups in total. The summed E-state index contributed by atoms with van der Waals surface area (Å²) in [7, 11) is 2.16. The maximum Gasteiger partial charge on any atom is 0.0265 e. The number of nitrogens with one attached hydrogen (secondary N) is 1. The molecule has 1 rings (SSSR count). The molecular formula is C14H21BrN2. The smallest absolute Gasteiger partial charge is 0.0265 e. The molecule has 0 unspecified atom stereocenters. The minimum Gasteiger partial charge on any atom is -0.312 e. The third-order valence-electron chi connectivity index (χ3n) is 2.51. The molecule has 17 heavy (non-hydrogen) atoms. The van der Waals surface area contributed by atoms with Gasteiger partial charge < -0.3 is 10.2 Å². The van der Waals surface area contributed by atoms with Crippen molar-refractivity contribution in [3.05, 3.63) is 47.0 Å². The van der Waals surface area contributed by atoms with Crippen LogP contribution in [0.4, 0.5) is 0 Å². The summed E-state index contributed by atoms with van der Waals surface area (Å²) in [6.07, 6.45) is 1.16. The van der Waals surface area contributed by atoms with Crippen LogP contribution in [-0.4, -0.2) is 31.6 Å². The van der Waals surface area contributed by atoms with Crippen LogP contribution in [0.5, 0.6) is 0 Å². The van der Waals surface area contributed by atoms with Crippen LogP contribution < -0.4 is 5.32 Å². The fraction of sp³-hybridized carbons (Fsp3) is 0.429. The van der Waals surface area contributed by atoms with E-state index in [0.717, 1.165) is 37.1 Å². The maximum absolute atomic E-state index is 3.79. The topological polar surface area (TPSA) is 15.3 Å². The molecule has 0 heterocycles. The molecule has 0 atom stereocenters. The highest BCUT2D eigenvalue weighted by Crippen LogP contribution is 2.02. The van der Waals surface area contributed by atoms with Gasteiger partial charge in [-0.3, -0.25) is 0 Å². The summed E-state index contributed by atoms with van der Waals surface area (Å²) < 4.78 is 1.01. The number of hydrogen-bond donors (Lipinski definition) is 1. The lowest BCUT2D eigenvalue weighted by molar-refractivity contribution is 0.320. The predicted octanol–water partition coefficient (Wildman–Crippen LogP) is 3.01. The number of benzene rings is 1. The predicted molar refractivity (Wildman–Crippen MR) is 78.3 cm³/mol. The zero-order chi connectivity index (χ0) is 12.5. The fourth-order valence-electron chi connectivity index (χ4n) is 1.67. The average molecular weight is 297 g/mol. The molecule has 0 aliphatic rings. The summed E-state index contributed by atoms with van der Waals surface area (Å²) in [5.74, 6) is 0.